The number of anilines is 1. The number of hydrogen-bond donors (Lipinski definition) is 2. The number of nitrogens with one attached hydrogen (secondary N) is 1. The number of amides is 1. The van der Waals surface area contributed by atoms with Crippen molar-refractivity contribution in [3.8, 4) is 5.75 Å². The first-order valence-corrected chi connectivity index (χ1v) is 17.9. The van der Waals surface area contributed by atoms with Crippen molar-refractivity contribution in [3.63, 3.8) is 0 Å². The number of rotatable bonds is 1. The fraction of sp³-hybridized carbons (Fsp3) is 0.600. The molecule has 1 aromatic carbocycles. The molecule has 0 radical (unpaired) electrons. The molecule has 1 saturated carbocycles. The summed E-state index contributed by atoms with van der Waals surface area (Å²) >= 11 is 6.40. The van der Waals surface area contributed by atoms with Crippen molar-refractivity contribution in [2.24, 2.45) is 17.8 Å². The highest BCUT2D eigenvalue weighted by atomic mass is 35.5. The van der Waals surface area contributed by atoms with Gasteiger partial charge in [0.25, 0.3) is 5.91 Å². The minimum Gasteiger partial charge on any atom is -0.489 e. The molecule has 1 fully saturated rings. The lowest BCUT2D eigenvalue weighted by Gasteiger charge is -2.45. The molecule has 248 valence electrons. The van der Waals surface area contributed by atoms with E-state index in [0.717, 1.165) is 63.7 Å². The van der Waals surface area contributed by atoms with Crippen LogP contribution in [0.5, 0.6) is 5.75 Å². The van der Waals surface area contributed by atoms with Crippen LogP contribution >= 0.6 is 11.6 Å². The molecule has 6 unspecified atom stereocenters. The van der Waals surface area contributed by atoms with E-state index in [0.29, 0.717) is 30.0 Å². The highest BCUT2D eigenvalue weighted by Gasteiger charge is 2.45. The molecule has 1 spiro atoms. The fourth-order valence-corrected chi connectivity index (χ4v) is 8.31. The molecule has 8 nitrogen and oxygen atoms in total. The lowest BCUT2D eigenvalue weighted by atomic mass is 9.68. The van der Waals surface area contributed by atoms with Crippen molar-refractivity contribution in [1.82, 2.24) is 9.71 Å². The van der Waals surface area contributed by atoms with Crippen LogP contribution in [0.1, 0.15) is 81.4 Å². The Kier molecular flexibility index (Phi) is 12.5. The van der Waals surface area contributed by atoms with Gasteiger partial charge in [0.15, 0.2) is 11.6 Å². The lowest BCUT2D eigenvalue weighted by Crippen LogP contribution is -2.50. The molecule has 45 heavy (non-hydrogen) atoms. The Balaban J connectivity index is 0.00000111. The molecular formula is C35H50ClN3O5S. The van der Waals surface area contributed by atoms with Crippen molar-refractivity contribution >= 4 is 34.3 Å². The number of halogens is 1. The number of allylic oxidation sites excluding steroid dienone is 1. The molecule has 1 amide bonds. The molecule has 3 heterocycles. The first kappa shape index (κ1) is 35.4. The maximum Gasteiger partial charge on any atom is 0.281 e. The Labute approximate surface area is 276 Å². The van der Waals surface area contributed by atoms with Crippen molar-refractivity contribution in [2.75, 3.05) is 38.8 Å². The first-order chi connectivity index (χ1) is 21.8. The Bertz CT molecular complexity index is 1370. The standard InChI is InChI=1S/C32H40ClN3O4S.C2H6.CH4O/c1-20-6-4-8-28(39-3)25-11-9-23(25)17-36-18-32(15-5-7-22-16-24(33)10-12-26(22)32)19-40-29-14-13-27(34-30(29)36)31(37)35-41(38)21(20)2;2*1-2/h4,8,10,12-14,16,20-21,23,25,28H,5-7,9,11,15,17-19H2,1-3H3,(H,35,37);1-2H3;2H,1H3/b8-4+;;/t20?,21?,23?,25?,28?,32-,41?;;/m0../s1. The number of aromatic nitrogens is 1. The fourth-order valence-electron chi connectivity index (χ4n) is 7.11. The number of aryl methyl sites for hydroxylation is 1. The number of carbonyl (C=O) groups is 1. The molecule has 1 aromatic heterocycles. The minimum atomic E-state index is -1.54. The second-order valence-electron chi connectivity index (χ2n) is 12.4. The molecule has 2 aliphatic heterocycles. The summed E-state index contributed by atoms with van der Waals surface area (Å²) in [5.74, 6) is 1.90. The number of aliphatic hydroxyl groups excluding tert-OH is 1. The quantitative estimate of drug-likeness (QED) is 0.349. The van der Waals surface area contributed by atoms with E-state index in [1.54, 1.807) is 13.2 Å². The zero-order valence-corrected chi connectivity index (χ0v) is 29.1. The van der Waals surface area contributed by atoms with Gasteiger partial charge in [0.1, 0.15) is 16.7 Å². The molecule has 4 aliphatic rings. The SMILES string of the molecule is CC.CO.COC1/C=C/CC(C)C(C)S(=O)NC(=O)c2ccc3c(n2)N(CC2CCC21)C[C@@]1(CCCc2cc(Cl)ccc21)CO3. The van der Waals surface area contributed by atoms with Crippen LogP contribution in [0.15, 0.2) is 42.5 Å². The molecule has 2 N–H and O–H groups in total. The van der Waals surface area contributed by atoms with E-state index in [4.69, 9.17) is 31.2 Å². The number of fused-ring (bicyclic) bond motifs is 4. The summed E-state index contributed by atoms with van der Waals surface area (Å²) in [5.41, 5.74) is 2.63. The topological polar surface area (TPSA) is 101 Å². The van der Waals surface area contributed by atoms with Crippen molar-refractivity contribution in [1.29, 1.82) is 0 Å². The van der Waals surface area contributed by atoms with Gasteiger partial charge in [0, 0.05) is 37.7 Å². The summed E-state index contributed by atoms with van der Waals surface area (Å²) in [5, 5.41) is 7.55. The van der Waals surface area contributed by atoms with Crippen LogP contribution in [-0.2, 0) is 27.6 Å². The lowest BCUT2D eigenvalue weighted by molar-refractivity contribution is 0.0131. The molecule has 2 aromatic rings. The van der Waals surface area contributed by atoms with Gasteiger partial charge in [0.05, 0.1) is 18.0 Å². The number of hydrogen-bond acceptors (Lipinski definition) is 7. The molecule has 6 rings (SSSR count). The monoisotopic (exact) mass is 659 g/mol. The van der Waals surface area contributed by atoms with E-state index in [2.05, 4.69) is 40.8 Å². The number of nitrogens with zero attached hydrogens (tertiary/aromatic N) is 2. The van der Waals surface area contributed by atoms with Gasteiger partial charge in [-0.25, -0.2) is 9.19 Å². The van der Waals surface area contributed by atoms with Gasteiger partial charge in [0.2, 0.25) is 0 Å². The first-order valence-electron chi connectivity index (χ1n) is 16.3. The number of aliphatic hydroxyl groups is 1. The molecule has 0 saturated heterocycles. The minimum absolute atomic E-state index is 0.0304. The Hall–Kier alpha value is -2.46. The predicted octanol–water partition coefficient (Wildman–Crippen LogP) is 6.26. The largest absolute Gasteiger partial charge is 0.489 e. The Morgan fingerprint density at radius 3 is 2.67 bits per heavy atom. The predicted molar refractivity (Wildman–Crippen MR) is 183 cm³/mol. The molecule has 7 atom stereocenters. The summed E-state index contributed by atoms with van der Waals surface area (Å²) in [6.07, 6.45) is 10.5. The summed E-state index contributed by atoms with van der Waals surface area (Å²) in [4.78, 5) is 20.5. The average molecular weight is 660 g/mol. The maximum absolute atomic E-state index is 13.3. The van der Waals surface area contributed by atoms with Crippen LogP contribution < -0.4 is 14.4 Å². The van der Waals surface area contributed by atoms with Crippen LogP contribution in [0.3, 0.4) is 0 Å². The second kappa shape index (κ2) is 15.9. The van der Waals surface area contributed by atoms with E-state index in [9.17, 15) is 9.00 Å². The maximum atomic E-state index is 13.3. The van der Waals surface area contributed by atoms with Crippen LogP contribution in [0.4, 0.5) is 5.82 Å². The van der Waals surface area contributed by atoms with Gasteiger partial charge in [-0.2, -0.15) is 0 Å². The van der Waals surface area contributed by atoms with Crippen LogP contribution in [0, 0.1) is 17.8 Å². The normalized spacial score (nSPS) is 31.6. The molecule has 2 bridgehead atoms. The Morgan fingerprint density at radius 1 is 1.18 bits per heavy atom. The highest BCUT2D eigenvalue weighted by molar-refractivity contribution is 7.84. The number of benzene rings is 1. The van der Waals surface area contributed by atoms with Gasteiger partial charge in [-0.3, -0.25) is 9.52 Å². The Morgan fingerprint density at radius 2 is 1.96 bits per heavy atom. The van der Waals surface area contributed by atoms with E-state index in [1.807, 2.05) is 32.9 Å². The van der Waals surface area contributed by atoms with Gasteiger partial charge < -0.3 is 19.5 Å². The summed E-state index contributed by atoms with van der Waals surface area (Å²) in [6, 6.07) is 9.80. The summed E-state index contributed by atoms with van der Waals surface area (Å²) < 4.78 is 28.3. The zero-order chi connectivity index (χ0) is 32.7. The summed E-state index contributed by atoms with van der Waals surface area (Å²) in [7, 11) is 1.25. The van der Waals surface area contributed by atoms with Crippen LogP contribution in [0.2, 0.25) is 5.02 Å². The second-order valence-corrected chi connectivity index (χ2v) is 14.4. The smallest absolute Gasteiger partial charge is 0.281 e. The van der Waals surface area contributed by atoms with Gasteiger partial charge >= 0.3 is 0 Å². The van der Waals surface area contributed by atoms with Crippen LogP contribution in [-0.4, -0.2) is 65.5 Å². The molecular weight excluding hydrogens is 610 g/mol. The third-order valence-corrected chi connectivity index (χ3v) is 11.7. The van der Waals surface area contributed by atoms with Gasteiger partial charge in [-0.15, -0.1) is 0 Å². The number of ether oxygens (including phenoxy) is 2. The third-order valence-electron chi connectivity index (χ3n) is 9.90. The van der Waals surface area contributed by atoms with E-state index in [-0.39, 0.29) is 28.4 Å². The van der Waals surface area contributed by atoms with E-state index >= 15 is 0 Å². The summed E-state index contributed by atoms with van der Waals surface area (Å²) in [6.45, 7) is 10.1. The number of pyridine rings is 1. The number of carbonyl (C=O) groups excluding carboxylic acids is 1. The third kappa shape index (κ3) is 7.58. The molecule has 2 aliphatic carbocycles. The van der Waals surface area contributed by atoms with Crippen LogP contribution in [0.25, 0.3) is 0 Å². The van der Waals surface area contributed by atoms with Crippen molar-refractivity contribution in [3.05, 3.63) is 64.3 Å². The number of methoxy groups -OCH3 is 1. The average Bonchev–Trinajstić information content (AvgIpc) is 3.20. The highest BCUT2D eigenvalue weighted by Crippen LogP contribution is 2.46. The van der Waals surface area contributed by atoms with E-state index < -0.39 is 16.9 Å². The van der Waals surface area contributed by atoms with E-state index in [1.165, 1.54) is 11.1 Å². The zero-order valence-electron chi connectivity index (χ0n) is 27.6. The van der Waals surface area contributed by atoms with Crippen molar-refractivity contribution in [2.45, 2.75) is 83.0 Å². The van der Waals surface area contributed by atoms with Gasteiger partial charge in [-0.1, -0.05) is 50.6 Å². The molecule has 10 heteroatoms. The van der Waals surface area contributed by atoms with Gasteiger partial charge in [-0.05, 0) is 98.6 Å². The van der Waals surface area contributed by atoms with Crippen molar-refractivity contribution < 1.29 is 23.6 Å².